The second-order valence-corrected chi connectivity index (χ2v) is 6.17. The van der Waals surface area contributed by atoms with Gasteiger partial charge in [-0.2, -0.15) is 0 Å². The van der Waals surface area contributed by atoms with Crippen LogP contribution in [0.25, 0.3) is 0 Å². The van der Waals surface area contributed by atoms with Gasteiger partial charge in [0.15, 0.2) is 0 Å². The standard InChI is InChI=1S/C20H33O2/c1-2-3-4-5-6-7-8-9-10-12-15-19(21)18-22-20-16-13-11-14-17-20/h13-14,16-17,19,21H,2-10,12,15,18H2,1H3. The summed E-state index contributed by atoms with van der Waals surface area (Å²) in [5.41, 5.74) is 0. The van der Waals surface area contributed by atoms with E-state index in [1.165, 1.54) is 57.8 Å². The molecule has 22 heavy (non-hydrogen) atoms. The fourth-order valence-corrected chi connectivity index (χ4v) is 2.61. The Bertz CT molecular complexity index is 337. The van der Waals surface area contributed by atoms with Crippen LogP contribution in [0.15, 0.2) is 24.3 Å². The van der Waals surface area contributed by atoms with Gasteiger partial charge in [0.2, 0.25) is 0 Å². The van der Waals surface area contributed by atoms with Crippen LogP contribution in [0, 0.1) is 6.07 Å². The summed E-state index contributed by atoms with van der Waals surface area (Å²) in [6, 6.07) is 10.3. The number of benzene rings is 1. The van der Waals surface area contributed by atoms with Crippen molar-refractivity contribution in [1.29, 1.82) is 0 Å². The molecule has 0 aliphatic carbocycles. The number of ether oxygens (including phenoxy) is 1. The van der Waals surface area contributed by atoms with Crippen LogP contribution in [0.5, 0.6) is 5.75 Å². The molecule has 1 N–H and O–H groups in total. The van der Waals surface area contributed by atoms with E-state index in [-0.39, 0.29) is 6.10 Å². The lowest BCUT2D eigenvalue weighted by molar-refractivity contribution is 0.0975. The third kappa shape index (κ3) is 10.7. The van der Waals surface area contributed by atoms with Crippen LogP contribution in [0.3, 0.4) is 0 Å². The molecule has 125 valence electrons. The summed E-state index contributed by atoms with van der Waals surface area (Å²) in [7, 11) is 0. The van der Waals surface area contributed by atoms with Crippen molar-refractivity contribution >= 4 is 0 Å². The predicted octanol–water partition coefficient (Wildman–Crippen LogP) is 5.54. The molecular formula is C20H33O2. The second-order valence-electron chi connectivity index (χ2n) is 6.17. The lowest BCUT2D eigenvalue weighted by Crippen LogP contribution is -2.17. The predicted molar refractivity (Wildman–Crippen MR) is 93.2 cm³/mol. The largest absolute Gasteiger partial charge is 0.491 e. The zero-order chi connectivity index (χ0) is 15.9. The van der Waals surface area contributed by atoms with Crippen LogP contribution >= 0.6 is 0 Å². The van der Waals surface area contributed by atoms with Gasteiger partial charge in [-0.25, -0.2) is 0 Å². The van der Waals surface area contributed by atoms with Gasteiger partial charge < -0.3 is 9.84 Å². The van der Waals surface area contributed by atoms with E-state index in [9.17, 15) is 5.11 Å². The van der Waals surface area contributed by atoms with Gasteiger partial charge in [-0.15, -0.1) is 0 Å². The molecule has 1 unspecified atom stereocenters. The number of aliphatic hydroxyl groups is 1. The maximum Gasteiger partial charge on any atom is 0.119 e. The molecule has 1 rings (SSSR count). The molecule has 0 heterocycles. The number of unbranched alkanes of at least 4 members (excludes halogenated alkanes) is 9. The van der Waals surface area contributed by atoms with Crippen LogP contribution in [0.4, 0.5) is 0 Å². The summed E-state index contributed by atoms with van der Waals surface area (Å²) in [6.07, 6.45) is 13.8. The van der Waals surface area contributed by atoms with Crippen LogP contribution in [0.2, 0.25) is 0 Å². The Labute approximate surface area is 136 Å². The fraction of sp³-hybridized carbons (Fsp3) is 0.700. The molecule has 0 saturated carbocycles. The topological polar surface area (TPSA) is 29.5 Å². The zero-order valence-electron chi connectivity index (χ0n) is 14.2. The Morgan fingerprint density at radius 3 is 2.05 bits per heavy atom. The summed E-state index contributed by atoms with van der Waals surface area (Å²) in [5.74, 6) is 0.806. The molecule has 2 heteroatoms. The van der Waals surface area contributed by atoms with Crippen molar-refractivity contribution in [2.24, 2.45) is 0 Å². The first-order chi connectivity index (χ1) is 10.8. The third-order valence-corrected chi connectivity index (χ3v) is 4.02. The first-order valence-electron chi connectivity index (χ1n) is 9.10. The molecule has 0 aliphatic rings. The maximum absolute atomic E-state index is 9.90. The van der Waals surface area contributed by atoms with E-state index in [2.05, 4.69) is 13.0 Å². The Kier molecular flexibility index (Phi) is 11.8. The lowest BCUT2D eigenvalue weighted by Gasteiger charge is -2.12. The van der Waals surface area contributed by atoms with Gasteiger partial charge in [0.25, 0.3) is 0 Å². The maximum atomic E-state index is 9.90. The monoisotopic (exact) mass is 305 g/mol. The quantitative estimate of drug-likeness (QED) is 0.457. The third-order valence-electron chi connectivity index (χ3n) is 4.02. The van der Waals surface area contributed by atoms with Crippen LogP contribution in [-0.2, 0) is 0 Å². The van der Waals surface area contributed by atoms with Crippen LogP contribution in [0.1, 0.15) is 77.6 Å². The summed E-state index contributed by atoms with van der Waals surface area (Å²) < 4.78 is 5.54. The van der Waals surface area contributed by atoms with E-state index < -0.39 is 0 Å². The summed E-state index contributed by atoms with van der Waals surface area (Å²) in [6.45, 7) is 2.65. The van der Waals surface area contributed by atoms with Gasteiger partial charge in [0, 0.05) is 0 Å². The minimum Gasteiger partial charge on any atom is -0.491 e. The first kappa shape index (κ1) is 19.0. The van der Waals surface area contributed by atoms with Gasteiger partial charge in [0.05, 0.1) is 6.10 Å². The molecule has 1 radical (unpaired) electrons. The molecule has 1 atom stereocenters. The number of rotatable bonds is 14. The zero-order valence-corrected chi connectivity index (χ0v) is 14.2. The lowest BCUT2D eigenvalue weighted by atomic mass is 10.0. The smallest absolute Gasteiger partial charge is 0.119 e. The minimum atomic E-state index is -0.349. The van der Waals surface area contributed by atoms with Crippen LogP contribution in [-0.4, -0.2) is 17.8 Å². The van der Waals surface area contributed by atoms with E-state index in [0.717, 1.165) is 18.6 Å². The molecule has 0 spiro atoms. The highest BCUT2D eigenvalue weighted by atomic mass is 16.5. The van der Waals surface area contributed by atoms with E-state index in [0.29, 0.717) is 6.61 Å². The van der Waals surface area contributed by atoms with E-state index >= 15 is 0 Å². The van der Waals surface area contributed by atoms with Gasteiger partial charge in [-0.3, -0.25) is 0 Å². The van der Waals surface area contributed by atoms with Crippen molar-refractivity contribution in [3.63, 3.8) is 0 Å². The van der Waals surface area contributed by atoms with Gasteiger partial charge >= 0.3 is 0 Å². The van der Waals surface area contributed by atoms with Crippen molar-refractivity contribution < 1.29 is 9.84 Å². The van der Waals surface area contributed by atoms with E-state index in [1.54, 1.807) is 0 Å². The van der Waals surface area contributed by atoms with Crippen molar-refractivity contribution in [2.45, 2.75) is 83.7 Å². The average Bonchev–Trinajstić information content (AvgIpc) is 2.55. The molecule has 0 aromatic heterocycles. The molecule has 2 nitrogen and oxygen atoms in total. The van der Waals surface area contributed by atoms with Gasteiger partial charge in [-0.1, -0.05) is 83.3 Å². The highest BCUT2D eigenvalue weighted by Gasteiger charge is 2.04. The Hall–Kier alpha value is -1.02. The van der Waals surface area contributed by atoms with Gasteiger partial charge in [0.1, 0.15) is 12.4 Å². The van der Waals surface area contributed by atoms with E-state index in [1.807, 2.05) is 24.3 Å². The second kappa shape index (κ2) is 13.6. The average molecular weight is 305 g/mol. The van der Waals surface area contributed by atoms with Crippen LogP contribution < -0.4 is 4.74 Å². The number of hydrogen-bond donors (Lipinski definition) is 1. The first-order valence-corrected chi connectivity index (χ1v) is 9.10. The molecular weight excluding hydrogens is 272 g/mol. The normalized spacial score (nSPS) is 12.3. The SMILES string of the molecule is CCCCCCCCCCCCC(O)COc1cc[c]cc1. The molecule has 0 aliphatic heterocycles. The Morgan fingerprint density at radius 2 is 1.45 bits per heavy atom. The summed E-state index contributed by atoms with van der Waals surface area (Å²) >= 11 is 0. The molecule has 0 fully saturated rings. The van der Waals surface area contributed by atoms with Crippen molar-refractivity contribution in [2.75, 3.05) is 6.61 Å². The van der Waals surface area contributed by atoms with Gasteiger partial charge in [-0.05, 0) is 24.6 Å². The molecule has 0 bridgehead atoms. The van der Waals surface area contributed by atoms with E-state index in [4.69, 9.17) is 4.74 Å². The molecule has 1 aromatic rings. The van der Waals surface area contributed by atoms with Crippen molar-refractivity contribution in [3.8, 4) is 5.75 Å². The fourth-order valence-electron chi connectivity index (χ4n) is 2.61. The molecule has 1 aromatic carbocycles. The summed E-state index contributed by atoms with van der Waals surface area (Å²) in [5, 5.41) is 9.90. The highest BCUT2D eigenvalue weighted by molar-refractivity contribution is 5.20. The number of aliphatic hydroxyl groups excluding tert-OH is 1. The minimum absolute atomic E-state index is 0.349. The van der Waals surface area contributed by atoms with Crippen molar-refractivity contribution in [3.05, 3.63) is 30.3 Å². The molecule has 0 amide bonds. The Morgan fingerprint density at radius 1 is 0.909 bits per heavy atom. The number of hydrogen-bond acceptors (Lipinski definition) is 2. The Balaban J connectivity index is 1.85. The summed E-state index contributed by atoms with van der Waals surface area (Å²) in [4.78, 5) is 0. The van der Waals surface area contributed by atoms with Crippen molar-refractivity contribution in [1.82, 2.24) is 0 Å². The highest BCUT2D eigenvalue weighted by Crippen LogP contribution is 2.13. The molecule has 0 saturated heterocycles.